The number of imidazole rings is 1. The van der Waals surface area contributed by atoms with Gasteiger partial charge in [-0.05, 0) is 35.9 Å². The van der Waals surface area contributed by atoms with Crippen molar-refractivity contribution in [2.75, 3.05) is 12.8 Å². The van der Waals surface area contributed by atoms with Crippen molar-refractivity contribution in [1.82, 2.24) is 9.55 Å². The summed E-state index contributed by atoms with van der Waals surface area (Å²) in [5.41, 5.74) is 9.58. The number of fused-ring (bicyclic) bond motifs is 1. The Hall–Kier alpha value is -2.04. The third-order valence-corrected chi connectivity index (χ3v) is 3.59. The lowest BCUT2D eigenvalue weighted by atomic mass is 10.2. The highest BCUT2D eigenvalue weighted by Gasteiger charge is 2.11. The van der Waals surface area contributed by atoms with Crippen LogP contribution in [-0.4, -0.2) is 16.7 Å². The largest absolute Gasteiger partial charge is 0.399 e. The Kier molecular flexibility index (Phi) is 3.82. The molecule has 0 atom stereocenters. The molecule has 0 saturated carbocycles. The molecule has 5 heteroatoms. The standard InChI is InChI=1S/C16H16ClN3O/c1-21-10-16-19-14-8-13(18)5-6-15(14)20(16)9-11-3-2-4-12(17)7-11/h2-8H,9-10,18H2,1H3. The Labute approximate surface area is 128 Å². The third kappa shape index (κ3) is 2.86. The molecule has 0 aliphatic carbocycles. The van der Waals surface area contributed by atoms with Crippen molar-refractivity contribution in [2.45, 2.75) is 13.2 Å². The van der Waals surface area contributed by atoms with E-state index < -0.39 is 0 Å². The van der Waals surface area contributed by atoms with Crippen LogP contribution in [0.2, 0.25) is 5.02 Å². The van der Waals surface area contributed by atoms with Gasteiger partial charge >= 0.3 is 0 Å². The predicted octanol–water partition coefficient (Wildman–Crippen LogP) is 3.47. The first-order chi connectivity index (χ1) is 10.2. The fourth-order valence-corrected chi connectivity index (χ4v) is 2.64. The zero-order chi connectivity index (χ0) is 14.8. The maximum atomic E-state index is 6.06. The van der Waals surface area contributed by atoms with Gasteiger partial charge < -0.3 is 15.0 Å². The minimum atomic E-state index is 0.454. The van der Waals surface area contributed by atoms with Gasteiger partial charge in [-0.1, -0.05) is 23.7 Å². The van der Waals surface area contributed by atoms with Gasteiger partial charge in [0.05, 0.1) is 11.0 Å². The summed E-state index contributed by atoms with van der Waals surface area (Å²) >= 11 is 6.06. The zero-order valence-corrected chi connectivity index (χ0v) is 12.5. The van der Waals surface area contributed by atoms with Crippen LogP contribution in [0.1, 0.15) is 11.4 Å². The molecular formula is C16H16ClN3O. The zero-order valence-electron chi connectivity index (χ0n) is 11.7. The number of nitrogen functional groups attached to an aromatic ring is 1. The SMILES string of the molecule is COCc1nc2cc(N)ccc2n1Cc1cccc(Cl)c1. The molecule has 0 spiro atoms. The van der Waals surface area contributed by atoms with E-state index in [1.807, 2.05) is 42.5 Å². The lowest BCUT2D eigenvalue weighted by molar-refractivity contribution is 0.175. The van der Waals surface area contributed by atoms with Crippen LogP contribution in [0, 0.1) is 0 Å². The Morgan fingerprint density at radius 1 is 1.24 bits per heavy atom. The van der Waals surface area contributed by atoms with E-state index in [-0.39, 0.29) is 0 Å². The van der Waals surface area contributed by atoms with Gasteiger partial charge in [-0.25, -0.2) is 4.98 Å². The average molecular weight is 302 g/mol. The number of hydrogen-bond acceptors (Lipinski definition) is 3. The number of hydrogen-bond donors (Lipinski definition) is 1. The smallest absolute Gasteiger partial charge is 0.136 e. The Balaban J connectivity index is 2.08. The van der Waals surface area contributed by atoms with Crippen LogP contribution < -0.4 is 5.73 Å². The van der Waals surface area contributed by atoms with Crippen LogP contribution in [0.5, 0.6) is 0 Å². The second-order valence-corrected chi connectivity index (χ2v) is 5.36. The van der Waals surface area contributed by atoms with Crippen molar-refractivity contribution in [3.05, 3.63) is 58.9 Å². The van der Waals surface area contributed by atoms with Crippen LogP contribution in [-0.2, 0) is 17.9 Å². The fraction of sp³-hybridized carbons (Fsp3) is 0.188. The number of aromatic nitrogens is 2. The molecule has 2 aromatic carbocycles. The fourth-order valence-electron chi connectivity index (χ4n) is 2.43. The molecule has 3 aromatic rings. The Morgan fingerprint density at radius 2 is 2.10 bits per heavy atom. The number of anilines is 1. The topological polar surface area (TPSA) is 53.1 Å². The van der Waals surface area contributed by atoms with Crippen molar-refractivity contribution < 1.29 is 4.74 Å². The first kappa shape index (κ1) is 13.9. The summed E-state index contributed by atoms with van der Waals surface area (Å²) in [6, 6.07) is 13.6. The molecule has 2 N–H and O–H groups in total. The number of rotatable bonds is 4. The molecule has 108 valence electrons. The van der Waals surface area contributed by atoms with E-state index in [1.165, 1.54) is 0 Å². The Bertz CT molecular complexity index is 782. The number of nitrogens with two attached hydrogens (primary N) is 1. The molecule has 0 amide bonds. The molecule has 0 aliphatic rings. The highest BCUT2D eigenvalue weighted by Crippen LogP contribution is 2.22. The number of benzene rings is 2. The van der Waals surface area contributed by atoms with E-state index in [1.54, 1.807) is 7.11 Å². The van der Waals surface area contributed by atoms with E-state index in [4.69, 9.17) is 22.1 Å². The first-order valence-corrected chi connectivity index (χ1v) is 7.03. The van der Waals surface area contributed by atoms with Gasteiger partial charge in [-0.2, -0.15) is 0 Å². The highest BCUT2D eigenvalue weighted by atomic mass is 35.5. The summed E-state index contributed by atoms with van der Waals surface area (Å²) in [4.78, 5) is 4.61. The van der Waals surface area contributed by atoms with Crippen LogP contribution in [0.3, 0.4) is 0 Å². The maximum absolute atomic E-state index is 6.06. The van der Waals surface area contributed by atoms with Gasteiger partial charge in [0.1, 0.15) is 12.4 Å². The van der Waals surface area contributed by atoms with Crippen LogP contribution in [0.25, 0.3) is 11.0 Å². The molecule has 1 aromatic heterocycles. The molecule has 0 radical (unpaired) electrons. The normalized spacial score (nSPS) is 11.1. The predicted molar refractivity (Wildman–Crippen MR) is 85.4 cm³/mol. The number of halogens is 1. The highest BCUT2D eigenvalue weighted by molar-refractivity contribution is 6.30. The summed E-state index contributed by atoms with van der Waals surface area (Å²) in [7, 11) is 1.66. The molecule has 0 fully saturated rings. The number of ether oxygens (including phenoxy) is 1. The lowest BCUT2D eigenvalue weighted by Crippen LogP contribution is -2.06. The van der Waals surface area contributed by atoms with Crippen LogP contribution in [0.15, 0.2) is 42.5 Å². The molecular weight excluding hydrogens is 286 g/mol. The van der Waals surface area contributed by atoms with Crippen molar-refractivity contribution >= 4 is 28.3 Å². The first-order valence-electron chi connectivity index (χ1n) is 6.65. The number of nitrogens with zero attached hydrogens (tertiary/aromatic N) is 2. The van der Waals surface area contributed by atoms with E-state index in [0.29, 0.717) is 18.8 Å². The van der Waals surface area contributed by atoms with Crippen molar-refractivity contribution in [2.24, 2.45) is 0 Å². The summed E-state index contributed by atoms with van der Waals surface area (Å²) in [6.45, 7) is 1.15. The molecule has 0 bridgehead atoms. The van der Waals surface area contributed by atoms with Crippen LogP contribution in [0.4, 0.5) is 5.69 Å². The second-order valence-electron chi connectivity index (χ2n) is 4.93. The average Bonchev–Trinajstić information content (AvgIpc) is 2.76. The van der Waals surface area contributed by atoms with Gasteiger partial charge in [0.2, 0.25) is 0 Å². The molecule has 0 aliphatic heterocycles. The monoisotopic (exact) mass is 301 g/mol. The maximum Gasteiger partial charge on any atom is 0.136 e. The molecule has 21 heavy (non-hydrogen) atoms. The third-order valence-electron chi connectivity index (χ3n) is 3.35. The van der Waals surface area contributed by atoms with Gasteiger partial charge in [0, 0.05) is 24.4 Å². The van der Waals surface area contributed by atoms with E-state index in [0.717, 1.165) is 27.4 Å². The molecule has 0 unspecified atom stereocenters. The van der Waals surface area contributed by atoms with Gasteiger partial charge in [0.15, 0.2) is 0 Å². The molecule has 4 nitrogen and oxygen atoms in total. The van der Waals surface area contributed by atoms with Gasteiger partial charge in [-0.15, -0.1) is 0 Å². The van der Waals surface area contributed by atoms with Crippen molar-refractivity contribution in [3.63, 3.8) is 0 Å². The van der Waals surface area contributed by atoms with E-state index >= 15 is 0 Å². The van der Waals surface area contributed by atoms with E-state index in [9.17, 15) is 0 Å². The quantitative estimate of drug-likeness (QED) is 0.751. The summed E-state index contributed by atoms with van der Waals surface area (Å²) in [6.07, 6.45) is 0. The van der Waals surface area contributed by atoms with Crippen molar-refractivity contribution in [3.8, 4) is 0 Å². The van der Waals surface area contributed by atoms with Gasteiger partial charge in [0.25, 0.3) is 0 Å². The van der Waals surface area contributed by atoms with Gasteiger partial charge in [-0.3, -0.25) is 0 Å². The number of methoxy groups -OCH3 is 1. The van der Waals surface area contributed by atoms with Crippen LogP contribution >= 0.6 is 11.6 Å². The molecule has 1 heterocycles. The minimum Gasteiger partial charge on any atom is -0.399 e. The Morgan fingerprint density at radius 3 is 2.86 bits per heavy atom. The molecule has 3 rings (SSSR count). The van der Waals surface area contributed by atoms with E-state index in [2.05, 4.69) is 9.55 Å². The summed E-state index contributed by atoms with van der Waals surface area (Å²) in [5.74, 6) is 0.873. The molecule has 0 saturated heterocycles. The van der Waals surface area contributed by atoms with Crippen molar-refractivity contribution in [1.29, 1.82) is 0 Å². The summed E-state index contributed by atoms with van der Waals surface area (Å²) in [5, 5.41) is 0.731. The lowest BCUT2D eigenvalue weighted by Gasteiger charge is -2.09. The summed E-state index contributed by atoms with van der Waals surface area (Å²) < 4.78 is 7.38. The second kappa shape index (κ2) is 5.76. The minimum absolute atomic E-state index is 0.454.